The molecule has 0 aromatic heterocycles. The SMILES string of the molecule is CCCCc1ccc(CC(=O)N2CCOC(CO)C2)cc1. The smallest absolute Gasteiger partial charge is 0.227 e. The van der Waals surface area contributed by atoms with Crippen molar-refractivity contribution in [3.8, 4) is 0 Å². The van der Waals surface area contributed by atoms with Crippen molar-refractivity contribution >= 4 is 5.91 Å². The van der Waals surface area contributed by atoms with Gasteiger partial charge in [0.25, 0.3) is 0 Å². The molecule has 4 heteroatoms. The molecule has 0 bridgehead atoms. The van der Waals surface area contributed by atoms with Crippen molar-refractivity contribution in [3.63, 3.8) is 0 Å². The van der Waals surface area contributed by atoms with Crippen LogP contribution in [0.5, 0.6) is 0 Å². The molecule has 1 aromatic rings. The van der Waals surface area contributed by atoms with Crippen LogP contribution in [-0.2, 0) is 22.4 Å². The second-order valence-corrected chi connectivity index (χ2v) is 5.61. The Labute approximate surface area is 126 Å². The van der Waals surface area contributed by atoms with Gasteiger partial charge in [-0.15, -0.1) is 0 Å². The van der Waals surface area contributed by atoms with Gasteiger partial charge in [0.2, 0.25) is 5.91 Å². The summed E-state index contributed by atoms with van der Waals surface area (Å²) in [4.78, 5) is 14.1. The van der Waals surface area contributed by atoms with E-state index in [9.17, 15) is 4.79 Å². The van der Waals surface area contributed by atoms with Gasteiger partial charge in [0.1, 0.15) is 0 Å². The quantitative estimate of drug-likeness (QED) is 0.869. The summed E-state index contributed by atoms with van der Waals surface area (Å²) in [7, 11) is 0. The second-order valence-electron chi connectivity index (χ2n) is 5.61. The number of hydrogen-bond donors (Lipinski definition) is 1. The first kappa shape index (κ1) is 16.0. The van der Waals surface area contributed by atoms with Gasteiger partial charge >= 0.3 is 0 Å². The number of morpholine rings is 1. The van der Waals surface area contributed by atoms with Crippen molar-refractivity contribution in [2.24, 2.45) is 0 Å². The van der Waals surface area contributed by atoms with E-state index in [4.69, 9.17) is 9.84 Å². The van der Waals surface area contributed by atoms with E-state index in [1.165, 1.54) is 18.4 Å². The molecule has 2 rings (SSSR count). The summed E-state index contributed by atoms with van der Waals surface area (Å²) in [6.07, 6.45) is 3.69. The third-order valence-corrected chi connectivity index (χ3v) is 3.89. The number of hydrogen-bond acceptors (Lipinski definition) is 3. The van der Waals surface area contributed by atoms with E-state index in [2.05, 4.69) is 19.1 Å². The van der Waals surface area contributed by atoms with Crippen molar-refractivity contribution < 1.29 is 14.6 Å². The number of aliphatic hydroxyl groups is 1. The Morgan fingerprint density at radius 2 is 2.05 bits per heavy atom. The molecule has 1 heterocycles. The molecule has 116 valence electrons. The lowest BCUT2D eigenvalue weighted by molar-refractivity contribution is -0.139. The van der Waals surface area contributed by atoms with Crippen molar-refractivity contribution in [3.05, 3.63) is 35.4 Å². The summed E-state index contributed by atoms with van der Waals surface area (Å²) in [5.74, 6) is 0.109. The van der Waals surface area contributed by atoms with Crippen LogP contribution in [-0.4, -0.2) is 48.3 Å². The first-order chi connectivity index (χ1) is 10.2. The molecule has 1 N–H and O–H groups in total. The molecule has 1 saturated heterocycles. The minimum absolute atomic E-state index is 0.0318. The number of carbonyl (C=O) groups excluding carboxylic acids is 1. The monoisotopic (exact) mass is 291 g/mol. The summed E-state index contributed by atoms with van der Waals surface area (Å²) in [5.41, 5.74) is 2.38. The lowest BCUT2D eigenvalue weighted by atomic mass is 10.0. The van der Waals surface area contributed by atoms with Gasteiger partial charge in [-0.3, -0.25) is 4.79 Å². The van der Waals surface area contributed by atoms with Gasteiger partial charge in [-0.2, -0.15) is 0 Å². The van der Waals surface area contributed by atoms with Crippen LogP contribution in [0.15, 0.2) is 24.3 Å². The Morgan fingerprint density at radius 3 is 2.71 bits per heavy atom. The predicted octanol–water partition coefficient (Wildman–Crippen LogP) is 1.79. The number of benzene rings is 1. The number of unbranched alkanes of at least 4 members (excludes halogenated alkanes) is 1. The molecular formula is C17H25NO3. The number of nitrogens with zero attached hydrogens (tertiary/aromatic N) is 1. The third kappa shape index (κ3) is 4.83. The van der Waals surface area contributed by atoms with Gasteiger partial charge in [-0.25, -0.2) is 0 Å². The van der Waals surface area contributed by atoms with Crippen LogP contribution in [0.1, 0.15) is 30.9 Å². The van der Waals surface area contributed by atoms with Crippen molar-refractivity contribution in [2.45, 2.75) is 38.7 Å². The highest BCUT2D eigenvalue weighted by atomic mass is 16.5. The minimum atomic E-state index is -0.237. The van der Waals surface area contributed by atoms with Gasteiger partial charge in [0.05, 0.1) is 25.7 Å². The van der Waals surface area contributed by atoms with E-state index < -0.39 is 0 Å². The lowest BCUT2D eigenvalue weighted by Crippen LogP contribution is -2.47. The first-order valence-electron chi connectivity index (χ1n) is 7.81. The molecular weight excluding hydrogens is 266 g/mol. The first-order valence-corrected chi connectivity index (χ1v) is 7.81. The molecule has 21 heavy (non-hydrogen) atoms. The topological polar surface area (TPSA) is 49.8 Å². The Balaban J connectivity index is 1.87. The number of aliphatic hydroxyl groups excluding tert-OH is 1. The van der Waals surface area contributed by atoms with Gasteiger partial charge < -0.3 is 14.7 Å². The van der Waals surface area contributed by atoms with E-state index in [-0.39, 0.29) is 18.6 Å². The Hall–Kier alpha value is -1.39. The molecule has 1 amide bonds. The zero-order valence-electron chi connectivity index (χ0n) is 12.8. The van der Waals surface area contributed by atoms with E-state index >= 15 is 0 Å². The van der Waals surface area contributed by atoms with Crippen LogP contribution < -0.4 is 0 Å². The van der Waals surface area contributed by atoms with E-state index in [0.29, 0.717) is 26.1 Å². The molecule has 1 unspecified atom stereocenters. The van der Waals surface area contributed by atoms with Crippen LogP contribution >= 0.6 is 0 Å². The highest BCUT2D eigenvalue weighted by Crippen LogP contribution is 2.11. The molecule has 4 nitrogen and oxygen atoms in total. The fourth-order valence-electron chi connectivity index (χ4n) is 2.55. The lowest BCUT2D eigenvalue weighted by Gasteiger charge is -2.32. The zero-order valence-corrected chi connectivity index (χ0v) is 12.8. The van der Waals surface area contributed by atoms with E-state index in [1.54, 1.807) is 4.90 Å². The fourth-order valence-corrected chi connectivity index (χ4v) is 2.55. The molecule has 1 atom stereocenters. The summed E-state index contributed by atoms with van der Waals surface area (Å²) >= 11 is 0. The van der Waals surface area contributed by atoms with Gasteiger partial charge in [0.15, 0.2) is 0 Å². The maximum absolute atomic E-state index is 12.3. The van der Waals surface area contributed by atoms with Crippen LogP contribution in [0.25, 0.3) is 0 Å². The number of amides is 1. The standard InChI is InChI=1S/C17H25NO3/c1-2-3-4-14-5-7-15(8-6-14)11-17(20)18-9-10-21-16(12-18)13-19/h5-8,16,19H,2-4,9-13H2,1H3. The van der Waals surface area contributed by atoms with E-state index in [1.807, 2.05) is 12.1 Å². The van der Waals surface area contributed by atoms with Crippen LogP contribution in [0.2, 0.25) is 0 Å². The normalized spacial score (nSPS) is 18.8. The molecule has 0 aliphatic carbocycles. The summed E-state index contributed by atoms with van der Waals surface area (Å²) in [6.45, 7) is 3.77. The minimum Gasteiger partial charge on any atom is -0.394 e. The highest BCUT2D eigenvalue weighted by Gasteiger charge is 2.23. The van der Waals surface area contributed by atoms with Gasteiger partial charge in [-0.1, -0.05) is 37.6 Å². The number of rotatable bonds is 6. The summed E-state index contributed by atoms with van der Waals surface area (Å²) < 4.78 is 5.37. The molecule has 0 radical (unpaired) electrons. The number of aryl methyl sites for hydroxylation is 1. The maximum Gasteiger partial charge on any atom is 0.227 e. The number of carbonyl (C=O) groups is 1. The Bertz CT molecular complexity index is 444. The Kier molecular flexibility index (Phi) is 6.21. The van der Waals surface area contributed by atoms with Crippen molar-refractivity contribution in [2.75, 3.05) is 26.3 Å². The molecule has 1 fully saturated rings. The fraction of sp³-hybridized carbons (Fsp3) is 0.588. The molecule has 1 aliphatic rings. The average molecular weight is 291 g/mol. The Morgan fingerprint density at radius 1 is 1.33 bits per heavy atom. The van der Waals surface area contributed by atoms with Crippen LogP contribution in [0.3, 0.4) is 0 Å². The van der Waals surface area contributed by atoms with Gasteiger partial charge in [-0.05, 0) is 24.0 Å². The molecule has 1 aliphatic heterocycles. The van der Waals surface area contributed by atoms with Crippen molar-refractivity contribution in [1.82, 2.24) is 4.90 Å². The average Bonchev–Trinajstić information content (AvgIpc) is 2.54. The summed E-state index contributed by atoms with van der Waals surface area (Å²) in [6, 6.07) is 8.34. The largest absolute Gasteiger partial charge is 0.394 e. The zero-order chi connectivity index (χ0) is 15.1. The van der Waals surface area contributed by atoms with E-state index in [0.717, 1.165) is 12.0 Å². The number of ether oxygens (including phenoxy) is 1. The van der Waals surface area contributed by atoms with Crippen LogP contribution in [0, 0.1) is 0 Å². The van der Waals surface area contributed by atoms with Crippen LogP contribution in [0.4, 0.5) is 0 Å². The van der Waals surface area contributed by atoms with Crippen molar-refractivity contribution in [1.29, 1.82) is 0 Å². The maximum atomic E-state index is 12.3. The molecule has 1 aromatic carbocycles. The molecule has 0 saturated carbocycles. The third-order valence-electron chi connectivity index (χ3n) is 3.89. The molecule has 0 spiro atoms. The van der Waals surface area contributed by atoms with Gasteiger partial charge in [0, 0.05) is 13.1 Å². The summed E-state index contributed by atoms with van der Waals surface area (Å²) in [5, 5.41) is 9.12. The second kappa shape index (κ2) is 8.15. The predicted molar refractivity (Wildman–Crippen MR) is 82.2 cm³/mol. The highest BCUT2D eigenvalue weighted by molar-refractivity contribution is 5.78.